The van der Waals surface area contributed by atoms with E-state index < -0.39 is 0 Å². The quantitative estimate of drug-likeness (QED) is 0.812. The van der Waals surface area contributed by atoms with E-state index in [1.54, 1.807) is 6.20 Å². The number of ether oxygens (including phenoxy) is 1. The first-order chi connectivity index (χ1) is 7.66. The maximum Gasteiger partial charge on any atom is 0.152 e. The van der Waals surface area contributed by atoms with Crippen LogP contribution < -0.4 is 4.74 Å². The molecule has 84 valence electrons. The maximum absolute atomic E-state index is 5.65. The average Bonchev–Trinajstić information content (AvgIpc) is 2.56. The van der Waals surface area contributed by atoms with Crippen molar-refractivity contribution < 1.29 is 4.74 Å². The first kappa shape index (κ1) is 11.1. The van der Waals surface area contributed by atoms with E-state index in [-0.39, 0.29) is 0 Å². The molecule has 0 saturated heterocycles. The Morgan fingerprint density at radius 2 is 2.31 bits per heavy atom. The van der Waals surface area contributed by atoms with Crippen molar-refractivity contribution in [3.05, 3.63) is 40.4 Å². The van der Waals surface area contributed by atoms with Crippen LogP contribution in [0.25, 0.3) is 0 Å². The molecule has 4 nitrogen and oxygen atoms in total. The van der Waals surface area contributed by atoms with Gasteiger partial charge in [-0.3, -0.25) is 4.68 Å². The van der Waals surface area contributed by atoms with Crippen molar-refractivity contribution in [3.8, 4) is 5.75 Å². The SMILES string of the molecule is Cc1cc(COc2cccnc2Br)n(C)n1. The van der Waals surface area contributed by atoms with Crippen molar-refractivity contribution in [2.75, 3.05) is 0 Å². The van der Waals surface area contributed by atoms with Crippen LogP contribution in [0.15, 0.2) is 29.0 Å². The highest BCUT2D eigenvalue weighted by molar-refractivity contribution is 9.10. The monoisotopic (exact) mass is 281 g/mol. The number of pyridine rings is 1. The smallest absolute Gasteiger partial charge is 0.152 e. The molecule has 0 aromatic carbocycles. The third kappa shape index (κ3) is 2.41. The van der Waals surface area contributed by atoms with Gasteiger partial charge in [0.2, 0.25) is 0 Å². The maximum atomic E-state index is 5.65. The molecule has 0 spiro atoms. The van der Waals surface area contributed by atoms with E-state index in [0.29, 0.717) is 11.2 Å². The van der Waals surface area contributed by atoms with E-state index in [9.17, 15) is 0 Å². The zero-order chi connectivity index (χ0) is 11.5. The summed E-state index contributed by atoms with van der Waals surface area (Å²) in [5.74, 6) is 0.737. The number of aromatic nitrogens is 3. The van der Waals surface area contributed by atoms with Gasteiger partial charge in [-0.2, -0.15) is 5.10 Å². The molecule has 5 heteroatoms. The van der Waals surface area contributed by atoms with Crippen LogP contribution in [0.5, 0.6) is 5.75 Å². The van der Waals surface area contributed by atoms with Crippen molar-refractivity contribution in [3.63, 3.8) is 0 Å². The summed E-state index contributed by atoms with van der Waals surface area (Å²) in [7, 11) is 1.91. The Kier molecular flexibility index (Phi) is 3.24. The minimum absolute atomic E-state index is 0.488. The van der Waals surface area contributed by atoms with E-state index in [4.69, 9.17) is 4.74 Å². The summed E-state index contributed by atoms with van der Waals surface area (Å²) in [6, 6.07) is 5.72. The molecule has 0 aliphatic heterocycles. The topological polar surface area (TPSA) is 39.9 Å². The van der Waals surface area contributed by atoms with Gasteiger partial charge in [-0.1, -0.05) is 0 Å². The lowest BCUT2D eigenvalue weighted by Gasteiger charge is -2.06. The molecule has 0 N–H and O–H groups in total. The van der Waals surface area contributed by atoms with Crippen LogP contribution in [0, 0.1) is 6.92 Å². The molecule has 0 atom stereocenters. The molecule has 2 rings (SSSR count). The van der Waals surface area contributed by atoms with Gasteiger partial charge >= 0.3 is 0 Å². The van der Waals surface area contributed by atoms with Gasteiger partial charge in [-0.05, 0) is 41.1 Å². The summed E-state index contributed by atoms with van der Waals surface area (Å²) < 4.78 is 8.18. The number of hydrogen-bond donors (Lipinski definition) is 0. The Morgan fingerprint density at radius 1 is 1.50 bits per heavy atom. The fourth-order valence-electron chi connectivity index (χ4n) is 1.43. The van der Waals surface area contributed by atoms with Crippen molar-refractivity contribution in [2.45, 2.75) is 13.5 Å². The molecule has 0 unspecified atom stereocenters. The molecule has 2 heterocycles. The standard InChI is InChI=1S/C11H12BrN3O/c1-8-6-9(15(2)14-8)7-16-10-4-3-5-13-11(10)12/h3-6H,7H2,1-2H3. The lowest BCUT2D eigenvalue weighted by molar-refractivity contribution is 0.291. The summed E-state index contributed by atoms with van der Waals surface area (Å²) >= 11 is 3.34. The van der Waals surface area contributed by atoms with Gasteiger partial charge in [0, 0.05) is 13.2 Å². The first-order valence-corrected chi connectivity index (χ1v) is 5.69. The van der Waals surface area contributed by atoms with Crippen molar-refractivity contribution >= 4 is 15.9 Å². The zero-order valence-electron chi connectivity index (χ0n) is 9.14. The Bertz CT molecular complexity index is 496. The normalized spacial score (nSPS) is 10.4. The summed E-state index contributed by atoms with van der Waals surface area (Å²) in [5.41, 5.74) is 2.03. The lowest BCUT2D eigenvalue weighted by atomic mass is 10.4. The van der Waals surface area contributed by atoms with E-state index in [0.717, 1.165) is 17.1 Å². The minimum atomic E-state index is 0.488. The third-order valence-corrected chi connectivity index (χ3v) is 2.79. The highest BCUT2D eigenvalue weighted by Gasteiger charge is 2.05. The van der Waals surface area contributed by atoms with Gasteiger partial charge in [-0.25, -0.2) is 4.98 Å². The van der Waals surface area contributed by atoms with Crippen LogP contribution in [0.1, 0.15) is 11.4 Å². The Balaban J connectivity index is 2.08. The van der Waals surface area contributed by atoms with E-state index >= 15 is 0 Å². The van der Waals surface area contributed by atoms with Crippen LogP contribution in [0.3, 0.4) is 0 Å². The molecule has 2 aromatic rings. The zero-order valence-corrected chi connectivity index (χ0v) is 10.7. The van der Waals surface area contributed by atoms with Crippen molar-refractivity contribution in [2.24, 2.45) is 7.05 Å². The van der Waals surface area contributed by atoms with Crippen LogP contribution in [0.2, 0.25) is 0 Å². The Labute approximate surface area is 102 Å². The van der Waals surface area contributed by atoms with E-state index in [1.165, 1.54) is 0 Å². The number of rotatable bonds is 3. The predicted molar refractivity (Wildman–Crippen MR) is 64.2 cm³/mol. The number of halogens is 1. The molecule has 2 aromatic heterocycles. The van der Waals surface area contributed by atoms with Crippen molar-refractivity contribution in [1.82, 2.24) is 14.8 Å². The third-order valence-electron chi connectivity index (χ3n) is 2.20. The van der Waals surface area contributed by atoms with Gasteiger partial charge in [0.05, 0.1) is 11.4 Å². The van der Waals surface area contributed by atoms with Crippen LogP contribution in [0.4, 0.5) is 0 Å². The van der Waals surface area contributed by atoms with Crippen LogP contribution in [-0.2, 0) is 13.7 Å². The summed E-state index contributed by atoms with van der Waals surface area (Å²) in [4.78, 5) is 4.09. The second-order valence-electron chi connectivity index (χ2n) is 3.48. The highest BCUT2D eigenvalue weighted by atomic mass is 79.9. The second-order valence-corrected chi connectivity index (χ2v) is 4.23. The van der Waals surface area contributed by atoms with Gasteiger partial charge in [0.15, 0.2) is 5.75 Å². The van der Waals surface area contributed by atoms with Gasteiger partial charge < -0.3 is 4.74 Å². The highest BCUT2D eigenvalue weighted by Crippen LogP contribution is 2.22. The van der Waals surface area contributed by atoms with Crippen molar-refractivity contribution in [1.29, 1.82) is 0 Å². The lowest BCUT2D eigenvalue weighted by Crippen LogP contribution is -2.03. The molecular weight excluding hydrogens is 270 g/mol. The number of hydrogen-bond acceptors (Lipinski definition) is 3. The molecular formula is C11H12BrN3O. The van der Waals surface area contributed by atoms with Crippen LogP contribution in [-0.4, -0.2) is 14.8 Å². The van der Waals surface area contributed by atoms with Gasteiger partial charge in [0.25, 0.3) is 0 Å². The van der Waals surface area contributed by atoms with Crippen LogP contribution >= 0.6 is 15.9 Å². The first-order valence-electron chi connectivity index (χ1n) is 4.89. The predicted octanol–water partition coefficient (Wildman–Crippen LogP) is 2.47. The Morgan fingerprint density at radius 3 is 2.94 bits per heavy atom. The molecule has 0 amide bonds. The summed E-state index contributed by atoms with van der Waals surface area (Å²) in [5, 5.41) is 4.26. The molecule has 0 aliphatic rings. The largest absolute Gasteiger partial charge is 0.484 e. The fraction of sp³-hybridized carbons (Fsp3) is 0.273. The number of aryl methyl sites for hydroxylation is 2. The summed E-state index contributed by atoms with van der Waals surface area (Å²) in [6.45, 7) is 2.45. The van der Waals surface area contributed by atoms with E-state index in [1.807, 2.05) is 36.9 Å². The molecule has 0 radical (unpaired) electrons. The minimum Gasteiger partial charge on any atom is -0.484 e. The summed E-state index contributed by atoms with van der Waals surface area (Å²) in [6.07, 6.45) is 1.71. The second kappa shape index (κ2) is 4.65. The molecule has 0 fully saturated rings. The molecule has 0 bridgehead atoms. The molecule has 16 heavy (non-hydrogen) atoms. The van der Waals surface area contributed by atoms with Gasteiger partial charge in [-0.15, -0.1) is 0 Å². The Hall–Kier alpha value is -1.36. The molecule has 0 aliphatic carbocycles. The number of nitrogens with zero attached hydrogens (tertiary/aromatic N) is 3. The fourth-order valence-corrected chi connectivity index (χ4v) is 1.79. The molecule has 0 saturated carbocycles. The van der Waals surface area contributed by atoms with E-state index in [2.05, 4.69) is 26.0 Å². The average molecular weight is 282 g/mol. The van der Waals surface area contributed by atoms with Gasteiger partial charge in [0.1, 0.15) is 11.2 Å².